The minimum atomic E-state index is 0. The Balaban J connectivity index is 0. The van der Waals surface area contributed by atoms with Crippen LogP contribution in [0.3, 0.4) is 0 Å². The summed E-state index contributed by atoms with van der Waals surface area (Å²) in [4.78, 5) is 0. The normalized spacial score (nSPS) is 7.62. The summed E-state index contributed by atoms with van der Waals surface area (Å²) in [5, 5.41) is 0. The van der Waals surface area contributed by atoms with E-state index >= 15 is 0 Å². The number of halogens is 4. The maximum atomic E-state index is 3.31. The summed E-state index contributed by atoms with van der Waals surface area (Å²) in [5.41, 5.74) is 0. The van der Waals surface area contributed by atoms with E-state index in [1.807, 2.05) is 60.7 Å². The highest BCUT2D eigenvalue weighted by molar-refractivity contribution is 9.10. The maximum Gasteiger partial charge on any atom is 0.0175 e. The van der Waals surface area contributed by atoms with E-state index in [1.54, 1.807) is 0 Å². The molecule has 0 unspecified atom stereocenters. The van der Waals surface area contributed by atoms with Gasteiger partial charge in [-0.05, 0) is 24.3 Å². The van der Waals surface area contributed by atoms with E-state index in [0.29, 0.717) is 0 Å². The third kappa shape index (κ3) is 9.22. The van der Waals surface area contributed by atoms with Crippen molar-refractivity contribution < 1.29 is 0 Å². The molecule has 0 bridgehead atoms. The third-order valence-corrected chi connectivity index (χ3v) is 2.52. The summed E-state index contributed by atoms with van der Waals surface area (Å²) in [6.45, 7) is 0. The van der Waals surface area contributed by atoms with Crippen LogP contribution in [0, 0.1) is 0 Å². The van der Waals surface area contributed by atoms with Gasteiger partial charge in [-0.25, -0.2) is 0 Å². The predicted molar refractivity (Wildman–Crippen MR) is 82.8 cm³/mol. The first-order valence-electron chi connectivity index (χ1n) is 4.20. The van der Waals surface area contributed by atoms with E-state index in [-0.39, 0.29) is 24.8 Å². The summed E-state index contributed by atoms with van der Waals surface area (Å²) >= 11 is 6.62. The molecule has 16 heavy (non-hydrogen) atoms. The Morgan fingerprint density at radius 2 is 0.750 bits per heavy atom. The van der Waals surface area contributed by atoms with Crippen LogP contribution in [0.4, 0.5) is 0 Å². The van der Waals surface area contributed by atoms with Crippen molar-refractivity contribution in [2.24, 2.45) is 0 Å². The summed E-state index contributed by atoms with van der Waals surface area (Å²) in [7, 11) is 0. The van der Waals surface area contributed by atoms with Crippen LogP contribution in [0.5, 0.6) is 0 Å². The lowest BCUT2D eigenvalue weighted by Gasteiger charge is -1.80. The monoisotopic (exact) mass is 384 g/mol. The summed E-state index contributed by atoms with van der Waals surface area (Å²) in [6.07, 6.45) is 0. The van der Waals surface area contributed by atoms with Gasteiger partial charge in [-0.15, -0.1) is 24.8 Å². The van der Waals surface area contributed by atoms with Gasteiger partial charge in [-0.2, -0.15) is 0 Å². The molecule has 0 amide bonds. The molecule has 2 rings (SSSR count). The Labute approximate surface area is 126 Å². The Bertz CT molecular complexity index is 314. The minimum absolute atomic E-state index is 0. The van der Waals surface area contributed by atoms with E-state index < -0.39 is 0 Å². The van der Waals surface area contributed by atoms with E-state index in [2.05, 4.69) is 31.9 Å². The van der Waals surface area contributed by atoms with E-state index in [0.717, 1.165) is 8.95 Å². The van der Waals surface area contributed by atoms with Gasteiger partial charge in [0.1, 0.15) is 0 Å². The van der Waals surface area contributed by atoms with E-state index in [4.69, 9.17) is 0 Å². The van der Waals surface area contributed by atoms with Gasteiger partial charge in [0, 0.05) is 8.95 Å². The highest BCUT2D eigenvalue weighted by Gasteiger charge is 1.75. The average molecular weight is 387 g/mol. The molecule has 0 radical (unpaired) electrons. The lowest BCUT2D eigenvalue weighted by molar-refractivity contribution is 1.66. The lowest BCUT2D eigenvalue weighted by Crippen LogP contribution is -1.55. The van der Waals surface area contributed by atoms with Crippen LogP contribution in [0.15, 0.2) is 69.6 Å². The summed E-state index contributed by atoms with van der Waals surface area (Å²) in [5.74, 6) is 0. The smallest absolute Gasteiger partial charge is 0.0175 e. The van der Waals surface area contributed by atoms with Gasteiger partial charge in [-0.3, -0.25) is 0 Å². The molecule has 0 atom stereocenters. The van der Waals surface area contributed by atoms with Gasteiger partial charge in [-0.1, -0.05) is 68.3 Å². The minimum Gasteiger partial charge on any atom is -0.147 e. The van der Waals surface area contributed by atoms with Crippen molar-refractivity contribution in [3.8, 4) is 0 Å². The van der Waals surface area contributed by atoms with Gasteiger partial charge < -0.3 is 0 Å². The van der Waals surface area contributed by atoms with Crippen LogP contribution in [0.1, 0.15) is 0 Å². The van der Waals surface area contributed by atoms with Gasteiger partial charge in [0.15, 0.2) is 0 Å². The highest BCUT2D eigenvalue weighted by Crippen LogP contribution is 2.05. The second kappa shape index (κ2) is 11.5. The molecule has 0 saturated heterocycles. The second-order valence-corrected chi connectivity index (χ2v) is 4.42. The quantitative estimate of drug-likeness (QED) is 0.541. The van der Waals surface area contributed by atoms with E-state index in [1.165, 1.54) is 0 Å². The fourth-order valence-corrected chi connectivity index (χ4v) is 1.44. The zero-order valence-electron chi connectivity index (χ0n) is 8.35. The predicted octanol–water partition coefficient (Wildman–Crippen LogP) is 5.74. The molecule has 0 saturated carbocycles. The van der Waals surface area contributed by atoms with Crippen LogP contribution in [-0.2, 0) is 0 Å². The molecular formula is C12H12Br2Cl2. The van der Waals surface area contributed by atoms with E-state index in [9.17, 15) is 0 Å². The van der Waals surface area contributed by atoms with Crippen LogP contribution >= 0.6 is 56.7 Å². The molecule has 0 nitrogen and oxygen atoms in total. The van der Waals surface area contributed by atoms with Gasteiger partial charge in [0.05, 0.1) is 0 Å². The number of hydrogen-bond donors (Lipinski definition) is 0. The zero-order chi connectivity index (χ0) is 10.2. The largest absolute Gasteiger partial charge is 0.147 e. The molecular weight excluding hydrogens is 375 g/mol. The van der Waals surface area contributed by atoms with Crippen LogP contribution in [0.2, 0.25) is 0 Å². The van der Waals surface area contributed by atoms with Crippen molar-refractivity contribution in [2.45, 2.75) is 0 Å². The molecule has 2 aromatic carbocycles. The number of rotatable bonds is 0. The molecule has 4 heteroatoms. The Hall–Kier alpha value is -0.0200. The molecule has 0 spiro atoms. The maximum absolute atomic E-state index is 3.31. The molecule has 88 valence electrons. The molecule has 0 heterocycles. The Morgan fingerprint density at radius 3 is 0.875 bits per heavy atom. The number of hydrogen-bond acceptors (Lipinski definition) is 0. The van der Waals surface area contributed by atoms with Crippen molar-refractivity contribution >= 4 is 56.7 Å². The van der Waals surface area contributed by atoms with Crippen LogP contribution in [-0.4, -0.2) is 0 Å². The van der Waals surface area contributed by atoms with Gasteiger partial charge in [0.2, 0.25) is 0 Å². The van der Waals surface area contributed by atoms with Crippen molar-refractivity contribution in [1.82, 2.24) is 0 Å². The summed E-state index contributed by atoms with van der Waals surface area (Å²) < 4.78 is 2.27. The fraction of sp³-hybridized carbons (Fsp3) is 0. The highest BCUT2D eigenvalue weighted by atomic mass is 79.9. The first-order chi connectivity index (χ1) is 6.79. The number of benzene rings is 2. The summed E-state index contributed by atoms with van der Waals surface area (Å²) in [6, 6.07) is 19.9. The first-order valence-corrected chi connectivity index (χ1v) is 5.79. The SMILES string of the molecule is Brc1ccccc1.Brc1ccccc1.Cl.Cl. The average Bonchev–Trinajstić information content (AvgIpc) is 2.21. The van der Waals surface area contributed by atoms with Crippen LogP contribution < -0.4 is 0 Å². The Morgan fingerprint density at radius 1 is 0.500 bits per heavy atom. The van der Waals surface area contributed by atoms with Gasteiger partial charge in [0.25, 0.3) is 0 Å². The molecule has 2 aromatic rings. The standard InChI is InChI=1S/2C6H5Br.2ClH/c2*7-6-4-2-1-3-5-6;;/h2*1-5H;2*1H. The Kier molecular flexibility index (Phi) is 13.1. The van der Waals surface area contributed by atoms with Crippen molar-refractivity contribution in [3.05, 3.63) is 69.6 Å². The van der Waals surface area contributed by atoms with Crippen molar-refractivity contribution in [3.63, 3.8) is 0 Å². The topological polar surface area (TPSA) is 0 Å². The third-order valence-electron chi connectivity index (χ3n) is 1.47. The molecule has 0 aromatic heterocycles. The zero-order valence-corrected chi connectivity index (χ0v) is 13.2. The molecule has 0 N–H and O–H groups in total. The molecule has 0 aliphatic carbocycles. The fourth-order valence-electron chi connectivity index (χ4n) is 0.829. The van der Waals surface area contributed by atoms with Crippen molar-refractivity contribution in [1.29, 1.82) is 0 Å². The first kappa shape index (κ1) is 18.3. The van der Waals surface area contributed by atoms with Gasteiger partial charge >= 0.3 is 0 Å². The lowest BCUT2D eigenvalue weighted by atomic mass is 10.4. The molecule has 0 fully saturated rings. The second-order valence-electron chi connectivity index (χ2n) is 2.59. The molecule has 0 aliphatic rings. The molecule has 0 aliphatic heterocycles. The van der Waals surface area contributed by atoms with Crippen molar-refractivity contribution in [2.75, 3.05) is 0 Å². The van der Waals surface area contributed by atoms with Crippen LogP contribution in [0.25, 0.3) is 0 Å².